The van der Waals surface area contributed by atoms with E-state index < -0.39 is 29.6 Å². The van der Waals surface area contributed by atoms with E-state index in [0.717, 1.165) is 11.3 Å². The van der Waals surface area contributed by atoms with Gasteiger partial charge < -0.3 is 18.9 Å². The molecule has 1 heterocycles. The number of benzene rings is 1. The molecule has 23 heavy (non-hydrogen) atoms. The van der Waals surface area contributed by atoms with Gasteiger partial charge in [-0.25, -0.2) is 9.59 Å². The van der Waals surface area contributed by atoms with Crippen molar-refractivity contribution in [3.05, 3.63) is 29.8 Å². The molecule has 6 heteroatoms. The van der Waals surface area contributed by atoms with E-state index in [0.29, 0.717) is 0 Å². The Labute approximate surface area is 135 Å². The highest BCUT2D eigenvalue weighted by molar-refractivity contribution is 5.83. The Morgan fingerprint density at radius 2 is 2.17 bits per heavy atom. The van der Waals surface area contributed by atoms with Crippen LogP contribution in [0.2, 0.25) is 0 Å². The third-order valence-electron chi connectivity index (χ3n) is 3.71. The zero-order valence-electron chi connectivity index (χ0n) is 13.8. The molecule has 1 aromatic carbocycles. The number of carbonyl (C=O) groups is 2. The summed E-state index contributed by atoms with van der Waals surface area (Å²) in [5, 5.41) is 0. The van der Waals surface area contributed by atoms with Gasteiger partial charge in [-0.05, 0) is 24.6 Å². The number of rotatable bonds is 6. The molecular formula is C17H22O6. The number of ether oxygens (including phenoxy) is 4. The van der Waals surface area contributed by atoms with Gasteiger partial charge in [0.2, 0.25) is 6.10 Å². The molecule has 0 radical (unpaired) electrons. The van der Waals surface area contributed by atoms with Crippen molar-refractivity contribution in [2.75, 3.05) is 13.7 Å². The van der Waals surface area contributed by atoms with E-state index in [4.69, 9.17) is 18.9 Å². The normalized spacial score (nSPS) is 20.7. The quantitative estimate of drug-likeness (QED) is 0.747. The molecule has 0 saturated carbocycles. The van der Waals surface area contributed by atoms with Crippen molar-refractivity contribution >= 4 is 11.9 Å². The van der Waals surface area contributed by atoms with Gasteiger partial charge in [0.15, 0.2) is 6.10 Å². The first kappa shape index (κ1) is 17.3. The standard InChI is InChI=1S/C17H22O6/c1-11(21-9-12-6-5-7-13(8-12)20-4)15(18)23-14-16(19)22-10-17(14,2)3/h5-8,11,14H,9-10H2,1-4H3/t11?,14-/m0/s1. The summed E-state index contributed by atoms with van der Waals surface area (Å²) in [4.78, 5) is 23.7. The predicted octanol–water partition coefficient (Wildman–Crippen LogP) is 2.10. The highest BCUT2D eigenvalue weighted by Crippen LogP contribution is 2.31. The minimum Gasteiger partial charge on any atom is -0.497 e. The molecular weight excluding hydrogens is 300 g/mol. The van der Waals surface area contributed by atoms with Gasteiger partial charge in [0, 0.05) is 5.41 Å². The van der Waals surface area contributed by atoms with E-state index in [1.807, 2.05) is 38.1 Å². The number of carbonyl (C=O) groups excluding carboxylic acids is 2. The van der Waals surface area contributed by atoms with Gasteiger partial charge in [-0.1, -0.05) is 26.0 Å². The molecule has 0 amide bonds. The van der Waals surface area contributed by atoms with Crippen LogP contribution in [-0.4, -0.2) is 37.9 Å². The first-order valence-corrected chi connectivity index (χ1v) is 7.45. The van der Waals surface area contributed by atoms with Crippen molar-refractivity contribution in [3.63, 3.8) is 0 Å². The molecule has 0 bridgehead atoms. The second-order valence-corrected chi connectivity index (χ2v) is 6.22. The van der Waals surface area contributed by atoms with Gasteiger partial charge in [-0.2, -0.15) is 0 Å². The molecule has 126 valence electrons. The smallest absolute Gasteiger partial charge is 0.348 e. The second-order valence-electron chi connectivity index (χ2n) is 6.22. The number of esters is 2. The van der Waals surface area contributed by atoms with Crippen molar-refractivity contribution in [2.45, 2.75) is 39.6 Å². The summed E-state index contributed by atoms with van der Waals surface area (Å²) in [5.41, 5.74) is 0.351. The first-order chi connectivity index (χ1) is 10.8. The molecule has 1 saturated heterocycles. The highest BCUT2D eigenvalue weighted by Gasteiger charge is 2.47. The maximum absolute atomic E-state index is 12.1. The fourth-order valence-electron chi connectivity index (χ4n) is 2.20. The van der Waals surface area contributed by atoms with Crippen LogP contribution >= 0.6 is 0 Å². The lowest BCUT2D eigenvalue weighted by Gasteiger charge is -2.23. The number of methoxy groups -OCH3 is 1. The third kappa shape index (κ3) is 4.22. The van der Waals surface area contributed by atoms with E-state index in [2.05, 4.69) is 0 Å². The van der Waals surface area contributed by atoms with Crippen LogP contribution in [0, 0.1) is 5.41 Å². The van der Waals surface area contributed by atoms with E-state index in [1.165, 1.54) is 0 Å². The number of cyclic esters (lactones) is 1. The Kier molecular flexibility index (Phi) is 5.26. The molecule has 1 unspecified atom stereocenters. The molecule has 1 fully saturated rings. The lowest BCUT2D eigenvalue weighted by Crippen LogP contribution is -2.38. The van der Waals surface area contributed by atoms with Crippen molar-refractivity contribution in [1.29, 1.82) is 0 Å². The largest absolute Gasteiger partial charge is 0.497 e. The molecule has 1 aliphatic heterocycles. The first-order valence-electron chi connectivity index (χ1n) is 7.45. The molecule has 2 atom stereocenters. The Morgan fingerprint density at radius 3 is 2.78 bits per heavy atom. The number of hydrogen-bond donors (Lipinski definition) is 0. The predicted molar refractivity (Wildman–Crippen MR) is 81.9 cm³/mol. The van der Waals surface area contributed by atoms with Crippen LogP contribution in [0.3, 0.4) is 0 Å². The summed E-state index contributed by atoms with van der Waals surface area (Å²) in [6.45, 7) is 5.71. The molecule has 1 aliphatic rings. The van der Waals surface area contributed by atoms with Crippen molar-refractivity contribution in [2.24, 2.45) is 5.41 Å². The van der Waals surface area contributed by atoms with E-state index in [1.54, 1.807) is 14.0 Å². The molecule has 0 spiro atoms. The Balaban J connectivity index is 1.88. The molecule has 6 nitrogen and oxygen atoms in total. The maximum Gasteiger partial charge on any atom is 0.348 e. The van der Waals surface area contributed by atoms with Gasteiger partial charge >= 0.3 is 11.9 Å². The summed E-state index contributed by atoms with van der Waals surface area (Å²) in [6.07, 6.45) is -1.68. The third-order valence-corrected chi connectivity index (χ3v) is 3.71. The van der Waals surface area contributed by atoms with Crippen LogP contribution in [0.15, 0.2) is 24.3 Å². The monoisotopic (exact) mass is 322 g/mol. The summed E-state index contributed by atoms with van der Waals surface area (Å²) < 4.78 is 20.9. The second kappa shape index (κ2) is 7.00. The molecule has 2 rings (SSSR count). The zero-order valence-corrected chi connectivity index (χ0v) is 13.8. The van der Waals surface area contributed by atoms with E-state index in [-0.39, 0.29) is 13.2 Å². The van der Waals surface area contributed by atoms with Gasteiger partial charge in [0.05, 0.1) is 13.7 Å². The Bertz CT molecular complexity index is 580. The topological polar surface area (TPSA) is 71.1 Å². The fraction of sp³-hybridized carbons (Fsp3) is 0.529. The lowest BCUT2D eigenvalue weighted by atomic mass is 9.90. The van der Waals surface area contributed by atoms with Crippen LogP contribution in [0.25, 0.3) is 0 Å². The molecule has 1 aromatic rings. The summed E-state index contributed by atoms with van der Waals surface area (Å²) in [7, 11) is 1.59. The minimum absolute atomic E-state index is 0.239. The van der Waals surface area contributed by atoms with Crippen LogP contribution in [0.1, 0.15) is 26.3 Å². The van der Waals surface area contributed by atoms with Crippen molar-refractivity contribution in [3.8, 4) is 5.75 Å². The zero-order chi connectivity index (χ0) is 17.0. The Hall–Kier alpha value is -2.08. The van der Waals surface area contributed by atoms with Crippen LogP contribution in [-0.2, 0) is 30.4 Å². The van der Waals surface area contributed by atoms with Crippen LogP contribution < -0.4 is 4.74 Å². The average molecular weight is 322 g/mol. The minimum atomic E-state index is -0.891. The fourth-order valence-corrected chi connectivity index (χ4v) is 2.20. The molecule has 0 aromatic heterocycles. The van der Waals surface area contributed by atoms with Gasteiger partial charge in [0.1, 0.15) is 12.4 Å². The van der Waals surface area contributed by atoms with Crippen molar-refractivity contribution < 1.29 is 28.5 Å². The number of hydrogen-bond acceptors (Lipinski definition) is 6. The van der Waals surface area contributed by atoms with Crippen LogP contribution in [0.5, 0.6) is 5.75 Å². The van der Waals surface area contributed by atoms with Gasteiger partial charge in [-0.3, -0.25) is 0 Å². The maximum atomic E-state index is 12.1. The summed E-state index contributed by atoms with van der Waals surface area (Å²) in [6, 6.07) is 7.38. The highest BCUT2D eigenvalue weighted by atomic mass is 16.6. The SMILES string of the molecule is COc1cccc(COC(C)C(=O)O[C@H]2C(=O)OCC2(C)C)c1. The van der Waals surface area contributed by atoms with E-state index >= 15 is 0 Å². The van der Waals surface area contributed by atoms with Gasteiger partial charge in [0.25, 0.3) is 0 Å². The Morgan fingerprint density at radius 1 is 1.43 bits per heavy atom. The van der Waals surface area contributed by atoms with Crippen molar-refractivity contribution in [1.82, 2.24) is 0 Å². The summed E-state index contributed by atoms with van der Waals surface area (Å²) in [5.74, 6) is -0.370. The molecule has 0 N–H and O–H groups in total. The molecule has 0 aliphatic carbocycles. The van der Waals surface area contributed by atoms with E-state index in [9.17, 15) is 9.59 Å². The summed E-state index contributed by atoms with van der Waals surface area (Å²) >= 11 is 0. The van der Waals surface area contributed by atoms with Gasteiger partial charge in [-0.15, -0.1) is 0 Å². The average Bonchev–Trinajstić information content (AvgIpc) is 2.79. The lowest BCUT2D eigenvalue weighted by molar-refractivity contribution is -0.172. The van der Waals surface area contributed by atoms with Crippen LogP contribution in [0.4, 0.5) is 0 Å².